The van der Waals surface area contributed by atoms with Gasteiger partial charge in [0.1, 0.15) is 17.9 Å². The number of aryl methyl sites for hydroxylation is 2. The predicted molar refractivity (Wildman–Crippen MR) is 103 cm³/mol. The van der Waals surface area contributed by atoms with Gasteiger partial charge in [-0.2, -0.15) is 5.10 Å². The predicted octanol–water partition coefficient (Wildman–Crippen LogP) is 2.16. The molecule has 4 heterocycles. The third kappa shape index (κ3) is 2.95. The number of hydrogen-bond acceptors (Lipinski definition) is 6. The molecule has 1 saturated carbocycles. The molecule has 0 radical (unpaired) electrons. The highest BCUT2D eigenvalue weighted by Gasteiger charge is 2.52. The van der Waals surface area contributed by atoms with Gasteiger partial charge in [-0.1, -0.05) is 18.0 Å². The van der Waals surface area contributed by atoms with Crippen molar-refractivity contribution >= 4 is 5.91 Å². The summed E-state index contributed by atoms with van der Waals surface area (Å²) in [6, 6.07) is 1.86. The molecule has 0 bridgehead atoms. The van der Waals surface area contributed by atoms with Crippen molar-refractivity contribution in [1.29, 1.82) is 0 Å². The van der Waals surface area contributed by atoms with Gasteiger partial charge in [-0.15, -0.1) is 10.2 Å². The number of carbonyl (C=O) groups is 1. The number of rotatable bonds is 4. The van der Waals surface area contributed by atoms with Crippen molar-refractivity contribution in [3.63, 3.8) is 0 Å². The van der Waals surface area contributed by atoms with Crippen LogP contribution in [0.4, 0.5) is 0 Å². The van der Waals surface area contributed by atoms with Crippen LogP contribution in [0, 0.1) is 12.3 Å². The van der Waals surface area contributed by atoms with Crippen molar-refractivity contribution in [1.82, 2.24) is 34.6 Å². The molecule has 5 rings (SSSR count). The molecule has 1 aliphatic heterocycles. The summed E-state index contributed by atoms with van der Waals surface area (Å²) in [6.07, 6.45) is 9.96. The van der Waals surface area contributed by atoms with Crippen LogP contribution in [0.15, 0.2) is 29.3 Å². The second-order valence-electron chi connectivity index (χ2n) is 8.38. The highest BCUT2D eigenvalue weighted by atomic mass is 16.5. The Hall–Kier alpha value is -2.97. The molecular formula is C20H25N7O2. The Morgan fingerprint density at radius 2 is 2.17 bits per heavy atom. The number of hydrogen-bond donors (Lipinski definition) is 0. The fourth-order valence-corrected chi connectivity index (χ4v) is 5.12. The summed E-state index contributed by atoms with van der Waals surface area (Å²) < 4.78 is 9.16. The van der Waals surface area contributed by atoms with Gasteiger partial charge in [0.15, 0.2) is 5.69 Å². The SMILES string of the molecule is Cc1onc(C(=O)N2CC(c3nncn3C)C3(CCCC3)C2)c1Cn1cccn1. The lowest BCUT2D eigenvalue weighted by atomic mass is 9.76. The molecule has 1 atom stereocenters. The quantitative estimate of drug-likeness (QED) is 0.672. The zero-order valence-electron chi connectivity index (χ0n) is 16.8. The van der Waals surface area contributed by atoms with Gasteiger partial charge in [-0.25, -0.2) is 0 Å². The van der Waals surface area contributed by atoms with Gasteiger partial charge in [-0.3, -0.25) is 9.48 Å². The maximum Gasteiger partial charge on any atom is 0.276 e. The molecule has 9 nitrogen and oxygen atoms in total. The second kappa shape index (κ2) is 6.82. The van der Waals surface area contributed by atoms with Crippen LogP contribution in [-0.4, -0.2) is 53.6 Å². The minimum Gasteiger partial charge on any atom is -0.361 e. The summed E-state index contributed by atoms with van der Waals surface area (Å²) in [6.45, 7) is 3.68. The van der Waals surface area contributed by atoms with E-state index < -0.39 is 0 Å². The molecule has 9 heteroatoms. The molecule has 2 fully saturated rings. The molecule has 1 spiro atoms. The number of likely N-dealkylation sites (tertiary alicyclic amines) is 1. The highest BCUT2D eigenvalue weighted by Crippen LogP contribution is 2.53. The van der Waals surface area contributed by atoms with Crippen LogP contribution < -0.4 is 0 Å². The van der Waals surface area contributed by atoms with Crippen molar-refractivity contribution in [2.24, 2.45) is 12.5 Å². The minimum absolute atomic E-state index is 0.0695. The Kier molecular flexibility index (Phi) is 4.25. The largest absolute Gasteiger partial charge is 0.361 e. The van der Waals surface area contributed by atoms with Gasteiger partial charge in [0.25, 0.3) is 5.91 Å². The van der Waals surface area contributed by atoms with E-state index in [0.29, 0.717) is 24.5 Å². The first-order chi connectivity index (χ1) is 14.1. The van der Waals surface area contributed by atoms with Gasteiger partial charge >= 0.3 is 0 Å². The van der Waals surface area contributed by atoms with E-state index in [9.17, 15) is 4.79 Å². The van der Waals surface area contributed by atoms with E-state index in [4.69, 9.17) is 4.52 Å². The summed E-state index contributed by atoms with van der Waals surface area (Å²) in [5.41, 5.74) is 1.27. The Morgan fingerprint density at radius 3 is 2.86 bits per heavy atom. The molecule has 29 heavy (non-hydrogen) atoms. The average molecular weight is 395 g/mol. The Morgan fingerprint density at radius 1 is 1.34 bits per heavy atom. The van der Waals surface area contributed by atoms with Crippen LogP contribution >= 0.6 is 0 Å². The van der Waals surface area contributed by atoms with E-state index >= 15 is 0 Å². The van der Waals surface area contributed by atoms with Crippen molar-refractivity contribution < 1.29 is 9.32 Å². The molecule has 3 aromatic rings. The topological polar surface area (TPSA) is 94.9 Å². The van der Waals surface area contributed by atoms with Crippen molar-refractivity contribution in [2.75, 3.05) is 13.1 Å². The zero-order chi connectivity index (χ0) is 20.0. The van der Waals surface area contributed by atoms with E-state index in [0.717, 1.165) is 30.8 Å². The van der Waals surface area contributed by atoms with Crippen LogP contribution in [0.3, 0.4) is 0 Å². The number of amides is 1. The minimum atomic E-state index is -0.0695. The molecule has 3 aromatic heterocycles. The molecule has 0 aromatic carbocycles. The van der Waals surface area contributed by atoms with Gasteiger partial charge in [0.05, 0.1) is 6.54 Å². The molecule has 1 amide bonds. The molecule has 2 aliphatic rings. The van der Waals surface area contributed by atoms with Crippen molar-refractivity contribution in [3.8, 4) is 0 Å². The third-order valence-corrected chi connectivity index (χ3v) is 6.66. The van der Waals surface area contributed by atoms with Crippen LogP contribution in [0.25, 0.3) is 0 Å². The van der Waals surface area contributed by atoms with Crippen LogP contribution in [0.5, 0.6) is 0 Å². The van der Waals surface area contributed by atoms with E-state index in [-0.39, 0.29) is 17.2 Å². The normalized spacial score (nSPS) is 20.8. The maximum absolute atomic E-state index is 13.5. The number of aromatic nitrogens is 6. The van der Waals surface area contributed by atoms with Crippen LogP contribution in [-0.2, 0) is 13.6 Å². The molecule has 1 aliphatic carbocycles. The van der Waals surface area contributed by atoms with Crippen molar-refractivity contribution in [3.05, 3.63) is 47.6 Å². The van der Waals surface area contributed by atoms with E-state index in [1.54, 1.807) is 17.2 Å². The number of nitrogens with zero attached hydrogens (tertiary/aromatic N) is 7. The molecule has 1 saturated heterocycles. The summed E-state index contributed by atoms with van der Waals surface area (Å²) in [4.78, 5) is 15.4. The molecule has 0 N–H and O–H groups in total. The van der Waals surface area contributed by atoms with E-state index in [1.165, 1.54) is 12.8 Å². The Labute approximate surface area is 168 Å². The second-order valence-corrected chi connectivity index (χ2v) is 8.38. The number of carbonyl (C=O) groups excluding carboxylic acids is 1. The van der Waals surface area contributed by atoms with Gasteiger partial charge in [-0.05, 0) is 31.2 Å². The smallest absolute Gasteiger partial charge is 0.276 e. The summed E-state index contributed by atoms with van der Waals surface area (Å²) in [5.74, 6) is 1.75. The first kappa shape index (κ1) is 18.1. The van der Waals surface area contributed by atoms with Crippen molar-refractivity contribution in [2.45, 2.75) is 45.1 Å². The summed E-state index contributed by atoms with van der Waals surface area (Å²) >= 11 is 0. The summed E-state index contributed by atoms with van der Waals surface area (Å²) in [5, 5.41) is 16.8. The van der Waals surface area contributed by atoms with E-state index in [1.807, 2.05) is 35.7 Å². The fourth-order valence-electron chi connectivity index (χ4n) is 5.12. The first-order valence-corrected chi connectivity index (χ1v) is 10.1. The van der Waals surface area contributed by atoms with Crippen LogP contribution in [0.2, 0.25) is 0 Å². The maximum atomic E-state index is 13.5. The van der Waals surface area contributed by atoms with Gasteiger partial charge in [0, 0.05) is 44.0 Å². The molecular weight excluding hydrogens is 370 g/mol. The van der Waals surface area contributed by atoms with E-state index in [2.05, 4.69) is 20.5 Å². The van der Waals surface area contributed by atoms with Gasteiger partial charge < -0.3 is 14.0 Å². The average Bonchev–Trinajstić information content (AvgIpc) is 3.51. The fraction of sp³-hybridized carbons (Fsp3) is 0.550. The lowest BCUT2D eigenvalue weighted by Gasteiger charge is -2.28. The molecule has 1 unspecified atom stereocenters. The van der Waals surface area contributed by atoms with Crippen LogP contribution in [0.1, 0.15) is 59.2 Å². The molecule has 152 valence electrons. The Balaban J connectivity index is 1.45. The zero-order valence-corrected chi connectivity index (χ0v) is 16.8. The standard InChI is InChI=1S/C20H25N7O2/c1-14-15(10-27-9-5-8-22-27)17(24-29-14)19(28)26-11-16(18-23-21-13-25(18)2)20(12-26)6-3-4-7-20/h5,8-9,13,16H,3-4,6-7,10-12H2,1-2H3. The lowest BCUT2D eigenvalue weighted by Crippen LogP contribution is -2.32. The lowest BCUT2D eigenvalue weighted by molar-refractivity contribution is 0.0761. The highest BCUT2D eigenvalue weighted by molar-refractivity contribution is 5.94. The first-order valence-electron chi connectivity index (χ1n) is 10.1. The monoisotopic (exact) mass is 395 g/mol. The Bertz CT molecular complexity index is 1010. The van der Waals surface area contributed by atoms with Gasteiger partial charge in [0.2, 0.25) is 0 Å². The third-order valence-electron chi connectivity index (χ3n) is 6.66. The summed E-state index contributed by atoms with van der Waals surface area (Å²) in [7, 11) is 1.98.